The Morgan fingerprint density at radius 2 is 1.93 bits per heavy atom. The first-order valence-electron chi connectivity index (χ1n) is 8.22. The Kier molecular flexibility index (Phi) is 6.42. The fourth-order valence-electron chi connectivity index (χ4n) is 2.49. The average Bonchev–Trinajstić information content (AvgIpc) is 2.98. The molecule has 1 aliphatic heterocycles. The number of hydrogen-bond acceptors (Lipinski definition) is 5. The van der Waals surface area contributed by atoms with E-state index >= 15 is 0 Å². The van der Waals surface area contributed by atoms with Crippen LogP contribution in [0.5, 0.6) is 0 Å². The predicted molar refractivity (Wildman–Crippen MR) is 115 cm³/mol. The van der Waals surface area contributed by atoms with Crippen LogP contribution in [0.25, 0.3) is 0 Å². The first kappa shape index (κ1) is 19.7. The fraction of sp³-hybridized carbons (Fsp3) is 0.211. The van der Waals surface area contributed by atoms with Gasteiger partial charge in [-0.3, -0.25) is 4.79 Å². The smallest absolute Gasteiger partial charge is 0.239 e. The maximum absolute atomic E-state index is 12.2. The standard InChI is InChI=1S/C19H18Cl2N4OS/c1-25(2)15-6-3-12(4-7-15)11-22-24-19-23-18(26)17(27-19)10-13-9-14(20)5-8-16(13)21/h3-9,11,17H,10H2,1-2H3,(H,23,24,26)/b22-11-/t17-/m1/s1. The van der Waals surface area contributed by atoms with E-state index in [1.165, 1.54) is 11.8 Å². The van der Waals surface area contributed by atoms with Gasteiger partial charge in [0.1, 0.15) is 0 Å². The van der Waals surface area contributed by atoms with Gasteiger partial charge in [-0.1, -0.05) is 47.1 Å². The van der Waals surface area contributed by atoms with Gasteiger partial charge in [-0.2, -0.15) is 5.10 Å². The van der Waals surface area contributed by atoms with Crippen molar-refractivity contribution in [3.05, 3.63) is 63.6 Å². The molecule has 5 nitrogen and oxygen atoms in total. The summed E-state index contributed by atoms with van der Waals surface area (Å²) in [6.45, 7) is 0. The number of halogens is 2. The molecule has 1 saturated heterocycles. The number of carbonyl (C=O) groups excluding carboxylic acids is 1. The Morgan fingerprint density at radius 3 is 2.63 bits per heavy atom. The summed E-state index contributed by atoms with van der Waals surface area (Å²) in [5.74, 6) is -0.111. The first-order valence-corrected chi connectivity index (χ1v) is 9.86. The van der Waals surface area contributed by atoms with E-state index in [0.717, 1.165) is 16.8 Å². The van der Waals surface area contributed by atoms with Crippen molar-refractivity contribution < 1.29 is 4.79 Å². The zero-order chi connectivity index (χ0) is 19.4. The number of benzene rings is 2. The molecule has 0 spiro atoms. The number of thioether (sulfide) groups is 1. The van der Waals surface area contributed by atoms with Crippen molar-refractivity contribution in [2.24, 2.45) is 10.2 Å². The zero-order valence-corrected chi connectivity index (χ0v) is 17.1. The predicted octanol–water partition coefficient (Wildman–Crippen LogP) is 4.22. The van der Waals surface area contributed by atoms with Crippen molar-refractivity contribution in [3.63, 3.8) is 0 Å². The lowest BCUT2D eigenvalue weighted by atomic mass is 10.1. The molecule has 0 unspecified atom stereocenters. The largest absolute Gasteiger partial charge is 0.378 e. The van der Waals surface area contributed by atoms with Crippen molar-refractivity contribution in [2.75, 3.05) is 19.0 Å². The lowest BCUT2D eigenvalue weighted by Crippen LogP contribution is -2.26. The van der Waals surface area contributed by atoms with Gasteiger partial charge < -0.3 is 10.2 Å². The number of amidine groups is 1. The summed E-state index contributed by atoms with van der Waals surface area (Å²) in [6.07, 6.45) is 2.13. The Morgan fingerprint density at radius 1 is 1.19 bits per heavy atom. The van der Waals surface area contributed by atoms with Gasteiger partial charge in [-0.15, -0.1) is 5.10 Å². The number of nitrogens with zero attached hydrogens (tertiary/aromatic N) is 3. The van der Waals surface area contributed by atoms with Crippen LogP contribution in [0.3, 0.4) is 0 Å². The van der Waals surface area contributed by atoms with E-state index in [2.05, 4.69) is 15.5 Å². The summed E-state index contributed by atoms with van der Waals surface area (Å²) in [4.78, 5) is 14.2. The van der Waals surface area contributed by atoms with Gasteiger partial charge in [0.2, 0.25) is 5.91 Å². The second-order valence-corrected chi connectivity index (χ2v) is 8.21. The van der Waals surface area contributed by atoms with E-state index in [-0.39, 0.29) is 11.2 Å². The van der Waals surface area contributed by atoms with Crippen LogP contribution >= 0.6 is 35.0 Å². The molecule has 2 aromatic carbocycles. The molecule has 1 heterocycles. The Balaban J connectivity index is 1.63. The van der Waals surface area contributed by atoms with Gasteiger partial charge >= 0.3 is 0 Å². The van der Waals surface area contributed by atoms with E-state index in [9.17, 15) is 4.79 Å². The Labute approximate surface area is 172 Å². The summed E-state index contributed by atoms with van der Waals surface area (Å²) < 4.78 is 0. The van der Waals surface area contributed by atoms with Crippen molar-refractivity contribution in [1.29, 1.82) is 0 Å². The summed E-state index contributed by atoms with van der Waals surface area (Å²) in [5.41, 5.74) is 2.88. The van der Waals surface area contributed by atoms with Crippen molar-refractivity contribution in [3.8, 4) is 0 Å². The number of hydrogen-bond donors (Lipinski definition) is 1. The van der Waals surface area contributed by atoms with E-state index in [4.69, 9.17) is 23.2 Å². The van der Waals surface area contributed by atoms with Crippen LogP contribution in [-0.4, -0.2) is 36.6 Å². The minimum Gasteiger partial charge on any atom is -0.378 e. The minimum absolute atomic E-state index is 0.111. The maximum atomic E-state index is 12.2. The van der Waals surface area contributed by atoms with Gasteiger partial charge in [0.05, 0.1) is 11.5 Å². The summed E-state index contributed by atoms with van der Waals surface area (Å²) in [5, 5.41) is 12.3. The third-order valence-corrected chi connectivity index (χ3v) is 5.63. The highest BCUT2D eigenvalue weighted by molar-refractivity contribution is 8.15. The van der Waals surface area contributed by atoms with Gasteiger partial charge in [0.25, 0.3) is 0 Å². The molecule has 0 bridgehead atoms. The highest BCUT2D eigenvalue weighted by Crippen LogP contribution is 2.28. The molecule has 27 heavy (non-hydrogen) atoms. The number of amides is 1. The lowest BCUT2D eigenvalue weighted by Gasteiger charge is -2.11. The average molecular weight is 421 g/mol. The lowest BCUT2D eigenvalue weighted by molar-refractivity contribution is -0.118. The second kappa shape index (κ2) is 8.78. The fourth-order valence-corrected chi connectivity index (χ4v) is 3.83. The van der Waals surface area contributed by atoms with E-state index in [1.54, 1.807) is 24.4 Å². The molecule has 2 aromatic rings. The van der Waals surface area contributed by atoms with Gasteiger partial charge in [-0.05, 0) is 47.9 Å². The molecular weight excluding hydrogens is 403 g/mol. The van der Waals surface area contributed by atoms with Crippen molar-refractivity contribution in [2.45, 2.75) is 11.7 Å². The molecular formula is C19H18Cl2N4OS. The van der Waals surface area contributed by atoms with Crippen LogP contribution in [0.4, 0.5) is 5.69 Å². The molecule has 8 heteroatoms. The van der Waals surface area contributed by atoms with Gasteiger partial charge in [0, 0.05) is 29.8 Å². The monoisotopic (exact) mass is 420 g/mol. The van der Waals surface area contributed by atoms with Gasteiger partial charge in [-0.25, -0.2) is 0 Å². The number of anilines is 1. The maximum Gasteiger partial charge on any atom is 0.239 e. The van der Waals surface area contributed by atoms with Crippen molar-refractivity contribution >= 4 is 57.9 Å². The third-order valence-electron chi connectivity index (χ3n) is 3.95. The summed E-state index contributed by atoms with van der Waals surface area (Å²) in [7, 11) is 3.98. The Hall–Kier alpha value is -2.02. The molecule has 1 aliphatic rings. The van der Waals surface area contributed by atoms with Crippen LogP contribution in [0, 0.1) is 0 Å². The molecule has 0 aromatic heterocycles. The molecule has 140 valence electrons. The molecule has 1 atom stereocenters. The molecule has 3 rings (SSSR count). The highest BCUT2D eigenvalue weighted by atomic mass is 35.5. The van der Waals surface area contributed by atoms with E-state index < -0.39 is 0 Å². The van der Waals surface area contributed by atoms with Gasteiger partial charge in [0.15, 0.2) is 5.17 Å². The minimum atomic E-state index is -0.311. The quantitative estimate of drug-likeness (QED) is 0.581. The molecule has 0 aliphatic carbocycles. The molecule has 0 radical (unpaired) electrons. The molecule has 0 saturated carbocycles. The summed E-state index contributed by atoms with van der Waals surface area (Å²) in [6, 6.07) is 13.2. The number of nitrogens with one attached hydrogen (secondary N) is 1. The zero-order valence-electron chi connectivity index (χ0n) is 14.8. The molecule has 1 fully saturated rings. The third kappa shape index (κ3) is 5.25. The van der Waals surface area contributed by atoms with E-state index in [0.29, 0.717) is 21.6 Å². The second-order valence-electron chi connectivity index (χ2n) is 6.17. The summed E-state index contributed by atoms with van der Waals surface area (Å²) >= 11 is 13.5. The van der Waals surface area contributed by atoms with Crippen LogP contribution < -0.4 is 10.2 Å². The Bertz CT molecular complexity index is 897. The molecule has 1 N–H and O–H groups in total. The molecule has 1 amide bonds. The van der Waals surface area contributed by atoms with Crippen LogP contribution in [0.1, 0.15) is 11.1 Å². The topological polar surface area (TPSA) is 57.1 Å². The van der Waals surface area contributed by atoms with E-state index in [1.807, 2.05) is 43.3 Å². The van der Waals surface area contributed by atoms with Crippen LogP contribution in [0.2, 0.25) is 10.0 Å². The SMILES string of the molecule is CN(C)c1ccc(/C=N\N=C2\NC(=O)[C@@H](Cc3cc(Cl)ccc3Cl)S2)cc1. The van der Waals surface area contributed by atoms with Crippen LogP contribution in [-0.2, 0) is 11.2 Å². The normalized spacial score (nSPS) is 18.3. The number of carbonyl (C=O) groups is 1. The van der Waals surface area contributed by atoms with Crippen molar-refractivity contribution in [1.82, 2.24) is 5.32 Å². The number of rotatable bonds is 5. The highest BCUT2D eigenvalue weighted by Gasteiger charge is 2.31. The van der Waals surface area contributed by atoms with Crippen LogP contribution in [0.15, 0.2) is 52.7 Å². The first-order chi connectivity index (χ1) is 12.9.